The predicted molar refractivity (Wildman–Crippen MR) is 124 cm³/mol. The minimum atomic E-state index is 0.0581. The van der Waals surface area contributed by atoms with E-state index in [4.69, 9.17) is 4.74 Å². The van der Waals surface area contributed by atoms with E-state index in [1.807, 2.05) is 12.1 Å². The van der Waals surface area contributed by atoms with E-state index in [1.165, 1.54) is 34.6 Å². The Morgan fingerprint density at radius 2 is 1.77 bits per heavy atom. The Morgan fingerprint density at radius 1 is 1.06 bits per heavy atom. The molecule has 6 heteroatoms. The van der Waals surface area contributed by atoms with Crippen molar-refractivity contribution in [3.05, 3.63) is 59.7 Å². The van der Waals surface area contributed by atoms with Crippen molar-refractivity contribution in [3.63, 3.8) is 0 Å². The average Bonchev–Trinajstić information content (AvgIpc) is 3.31. The first kappa shape index (κ1) is 21.8. The van der Waals surface area contributed by atoms with Crippen molar-refractivity contribution in [2.24, 2.45) is 0 Å². The molecule has 1 unspecified atom stereocenters. The lowest BCUT2D eigenvalue weighted by molar-refractivity contribution is -0.921. The second-order valence-electron chi connectivity index (χ2n) is 8.92. The van der Waals surface area contributed by atoms with Crippen LogP contribution in [0.1, 0.15) is 24.0 Å². The van der Waals surface area contributed by atoms with Crippen molar-refractivity contribution in [2.75, 3.05) is 63.2 Å². The van der Waals surface area contributed by atoms with Gasteiger partial charge >= 0.3 is 0 Å². The summed E-state index contributed by atoms with van der Waals surface area (Å²) in [6.07, 6.45) is 2.54. The van der Waals surface area contributed by atoms with Crippen LogP contribution in [0.2, 0.25) is 0 Å². The number of morpholine rings is 1. The summed E-state index contributed by atoms with van der Waals surface area (Å²) < 4.78 is 5.43. The van der Waals surface area contributed by atoms with Crippen LogP contribution in [-0.2, 0) is 22.6 Å². The monoisotopic (exact) mass is 424 g/mol. The zero-order chi connectivity index (χ0) is 21.5. The minimum absolute atomic E-state index is 0.0581. The fourth-order valence-electron chi connectivity index (χ4n) is 4.63. The van der Waals surface area contributed by atoms with Crippen LogP contribution >= 0.6 is 0 Å². The standard InChI is InChI=1S/C25H34N4O2/c1-27(19-22-6-2-3-7-24(22)29-12-4-5-13-29)20-25(30)26-23-10-8-21(9-11-23)18-28-14-16-31-17-15-28/h2-3,6-11H,4-5,12-20H2,1H3,(H,26,30)/p+2. The molecular formula is C25H36N4O2+2. The highest BCUT2D eigenvalue weighted by atomic mass is 16.5. The molecule has 2 heterocycles. The van der Waals surface area contributed by atoms with Crippen molar-refractivity contribution in [2.45, 2.75) is 25.9 Å². The zero-order valence-corrected chi connectivity index (χ0v) is 18.7. The summed E-state index contributed by atoms with van der Waals surface area (Å²) >= 11 is 0. The molecule has 166 valence electrons. The molecule has 6 nitrogen and oxygen atoms in total. The molecule has 2 aromatic carbocycles. The SMILES string of the molecule is C[NH+](CC(=O)Nc1ccc(C[NH+]2CCOCC2)cc1)Cc1ccccc1N1CCCC1. The second kappa shape index (κ2) is 10.8. The average molecular weight is 425 g/mol. The van der Waals surface area contributed by atoms with Gasteiger partial charge in [-0.3, -0.25) is 4.79 Å². The first-order chi connectivity index (χ1) is 15.2. The highest BCUT2D eigenvalue weighted by Gasteiger charge is 2.19. The van der Waals surface area contributed by atoms with E-state index in [-0.39, 0.29) is 5.91 Å². The Kier molecular flexibility index (Phi) is 7.57. The van der Waals surface area contributed by atoms with E-state index in [1.54, 1.807) is 4.90 Å². The van der Waals surface area contributed by atoms with E-state index in [2.05, 4.69) is 53.7 Å². The summed E-state index contributed by atoms with van der Waals surface area (Å²) in [5.41, 5.74) is 4.83. The Hall–Kier alpha value is -2.41. The second-order valence-corrected chi connectivity index (χ2v) is 8.92. The maximum Gasteiger partial charge on any atom is 0.279 e. The summed E-state index contributed by atoms with van der Waals surface area (Å²) in [4.78, 5) is 17.8. The lowest BCUT2D eigenvalue weighted by Gasteiger charge is -2.23. The van der Waals surface area contributed by atoms with Gasteiger partial charge in [-0.15, -0.1) is 0 Å². The molecule has 2 aromatic rings. The van der Waals surface area contributed by atoms with Gasteiger partial charge in [-0.1, -0.05) is 30.3 Å². The number of hydrogen-bond acceptors (Lipinski definition) is 3. The van der Waals surface area contributed by atoms with Gasteiger partial charge in [-0.05, 0) is 31.0 Å². The van der Waals surface area contributed by atoms with Crippen molar-refractivity contribution in [1.82, 2.24) is 0 Å². The molecule has 0 bridgehead atoms. The quantitative estimate of drug-likeness (QED) is 0.574. The number of amides is 1. The topological polar surface area (TPSA) is 50.4 Å². The van der Waals surface area contributed by atoms with Gasteiger partial charge in [0.1, 0.15) is 26.2 Å². The van der Waals surface area contributed by atoms with Gasteiger partial charge < -0.3 is 24.8 Å². The molecule has 0 aliphatic carbocycles. The van der Waals surface area contributed by atoms with Gasteiger partial charge in [0.15, 0.2) is 6.54 Å². The minimum Gasteiger partial charge on any atom is -0.371 e. The zero-order valence-electron chi connectivity index (χ0n) is 18.7. The lowest BCUT2D eigenvalue weighted by atomic mass is 10.1. The highest BCUT2D eigenvalue weighted by molar-refractivity contribution is 5.91. The van der Waals surface area contributed by atoms with Crippen LogP contribution in [0.5, 0.6) is 0 Å². The summed E-state index contributed by atoms with van der Waals surface area (Å²) in [6, 6.07) is 16.9. The number of likely N-dealkylation sites (N-methyl/N-ethyl adjacent to an activating group) is 1. The van der Waals surface area contributed by atoms with Crippen molar-refractivity contribution in [3.8, 4) is 0 Å². The largest absolute Gasteiger partial charge is 0.371 e. The number of ether oxygens (including phenoxy) is 1. The molecule has 0 saturated carbocycles. The molecule has 2 fully saturated rings. The maximum atomic E-state index is 12.6. The molecule has 2 aliphatic heterocycles. The number of benzene rings is 2. The van der Waals surface area contributed by atoms with E-state index < -0.39 is 0 Å². The number of rotatable bonds is 8. The summed E-state index contributed by atoms with van der Waals surface area (Å²) in [6.45, 7) is 8.42. The number of carbonyl (C=O) groups is 1. The normalized spacial score (nSPS) is 18.2. The van der Waals surface area contributed by atoms with Gasteiger partial charge in [0.2, 0.25) is 0 Å². The van der Waals surface area contributed by atoms with Crippen LogP contribution in [0.4, 0.5) is 11.4 Å². The fraction of sp³-hybridized carbons (Fsp3) is 0.480. The van der Waals surface area contributed by atoms with Gasteiger partial charge in [0.25, 0.3) is 5.91 Å². The number of carbonyl (C=O) groups excluding carboxylic acids is 1. The molecule has 31 heavy (non-hydrogen) atoms. The van der Waals surface area contributed by atoms with Gasteiger partial charge in [-0.2, -0.15) is 0 Å². The Bertz CT molecular complexity index is 843. The number of para-hydroxylation sites is 1. The lowest BCUT2D eigenvalue weighted by Crippen LogP contribution is -3.12. The van der Waals surface area contributed by atoms with Crippen LogP contribution in [0.15, 0.2) is 48.5 Å². The van der Waals surface area contributed by atoms with Crippen molar-refractivity contribution in [1.29, 1.82) is 0 Å². The Labute approximate surface area is 185 Å². The van der Waals surface area contributed by atoms with Crippen LogP contribution in [-0.4, -0.2) is 58.9 Å². The molecule has 1 amide bonds. The van der Waals surface area contributed by atoms with Crippen LogP contribution in [0, 0.1) is 0 Å². The van der Waals surface area contributed by atoms with Gasteiger partial charge in [0.05, 0.1) is 20.3 Å². The molecule has 4 rings (SSSR count). The summed E-state index contributed by atoms with van der Waals surface area (Å²) in [5, 5.41) is 3.06. The first-order valence-corrected chi connectivity index (χ1v) is 11.6. The molecular weight excluding hydrogens is 388 g/mol. The summed E-state index contributed by atoms with van der Waals surface area (Å²) in [5.74, 6) is 0.0581. The number of quaternary nitrogens is 2. The van der Waals surface area contributed by atoms with E-state index in [0.29, 0.717) is 6.54 Å². The highest BCUT2D eigenvalue weighted by Crippen LogP contribution is 2.23. The molecule has 3 N–H and O–H groups in total. The Morgan fingerprint density at radius 3 is 2.52 bits per heavy atom. The molecule has 0 aromatic heterocycles. The third-order valence-electron chi connectivity index (χ3n) is 6.28. The molecule has 1 atom stereocenters. The van der Waals surface area contributed by atoms with Gasteiger partial charge in [-0.25, -0.2) is 0 Å². The van der Waals surface area contributed by atoms with Crippen LogP contribution < -0.4 is 20.0 Å². The molecule has 0 spiro atoms. The van der Waals surface area contributed by atoms with Crippen LogP contribution in [0.25, 0.3) is 0 Å². The number of anilines is 2. The summed E-state index contributed by atoms with van der Waals surface area (Å²) in [7, 11) is 2.09. The van der Waals surface area contributed by atoms with Gasteiger partial charge in [0, 0.05) is 35.6 Å². The fourth-order valence-corrected chi connectivity index (χ4v) is 4.63. The van der Waals surface area contributed by atoms with E-state index in [0.717, 1.165) is 58.2 Å². The van der Waals surface area contributed by atoms with Crippen LogP contribution in [0.3, 0.4) is 0 Å². The van der Waals surface area contributed by atoms with E-state index in [9.17, 15) is 4.79 Å². The Balaban J connectivity index is 1.27. The maximum absolute atomic E-state index is 12.6. The first-order valence-electron chi connectivity index (χ1n) is 11.6. The van der Waals surface area contributed by atoms with Crippen molar-refractivity contribution < 1.29 is 19.3 Å². The predicted octanol–water partition coefficient (Wildman–Crippen LogP) is 0.355. The number of hydrogen-bond donors (Lipinski definition) is 3. The molecule has 2 aliphatic rings. The molecule has 2 saturated heterocycles. The van der Waals surface area contributed by atoms with E-state index >= 15 is 0 Å². The third-order valence-corrected chi connectivity index (χ3v) is 6.28. The smallest absolute Gasteiger partial charge is 0.279 e. The number of nitrogens with one attached hydrogen (secondary N) is 3. The third kappa shape index (κ3) is 6.29. The molecule has 0 radical (unpaired) electrons. The number of nitrogens with zero attached hydrogens (tertiary/aromatic N) is 1. The van der Waals surface area contributed by atoms with Crippen molar-refractivity contribution >= 4 is 17.3 Å².